The Balaban J connectivity index is 1.31. The Kier molecular flexibility index (Phi) is 21.2. The molecule has 2 amide bonds. The molecule has 2 aromatic carbocycles. The maximum absolute atomic E-state index is 15.3. The first kappa shape index (κ1) is 66.5. The van der Waals surface area contributed by atoms with Gasteiger partial charge in [-0.05, 0) is 70.4 Å². The van der Waals surface area contributed by atoms with Gasteiger partial charge >= 0.3 is 47.9 Å². The number of alkyl carbamates (subject to hydrolysis) is 1. The Labute approximate surface area is 490 Å². The predicted molar refractivity (Wildman–Crippen MR) is 292 cm³/mol. The molecular formula is C59H75N3O23. The summed E-state index contributed by atoms with van der Waals surface area (Å²) in [6.45, 7) is 13.1. The summed E-state index contributed by atoms with van der Waals surface area (Å²) >= 11 is 0. The second-order valence-electron chi connectivity index (χ2n) is 23.2. The molecule has 26 nitrogen and oxygen atoms in total. The third-order valence-corrected chi connectivity index (χ3v) is 15.6. The quantitative estimate of drug-likeness (QED) is 0.0215. The lowest BCUT2D eigenvalue weighted by molar-refractivity contribution is -0.346. The number of ketones is 1. The highest BCUT2D eigenvalue weighted by Gasteiger charge is 2.78. The first-order valence-corrected chi connectivity index (χ1v) is 27.5. The molecule has 0 radical (unpaired) electrons. The van der Waals surface area contributed by atoms with Crippen LogP contribution in [0.2, 0.25) is 0 Å². The number of nitrogens with one attached hydrogen (secondary N) is 2. The number of benzene rings is 2. The van der Waals surface area contributed by atoms with Gasteiger partial charge in [-0.3, -0.25) is 28.8 Å². The number of hydrogen-bond donors (Lipinski definition) is 5. The number of amides is 2. The minimum atomic E-state index is -2.52. The molecule has 3 aliphatic carbocycles. The van der Waals surface area contributed by atoms with E-state index in [0.717, 1.165) is 13.1 Å². The minimum absolute atomic E-state index is 0.00717. The van der Waals surface area contributed by atoms with E-state index in [1.54, 1.807) is 57.2 Å². The van der Waals surface area contributed by atoms with E-state index < -0.39 is 174 Å². The highest BCUT2D eigenvalue weighted by atomic mass is 16.6. The van der Waals surface area contributed by atoms with Crippen LogP contribution in [0.5, 0.6) is 0 Å². The normalized spacial score (nSPS) is 27.2. The van der Waals surface area contributed by atoms with Gasteiger partial charge in [-0.25, -0.2) is 24.6 Å². The number of hydrogen-bond acceptors (Lipinski definition) is 24. The maximum atomic E-state index is 15.3. The molecule has 4 aliphatic rings. The number of carbonyl (C=O) groups is 10. The van der Waals surface area contributed by atoms with Crippen LogP contribution in [-0.2, 0) is 85.7 Å². The lowest BCUT2D eigenvalue weighted by atomic mass is 9.44. The summed E-state index contributed by atoms with van der Waals surface area (Å²) in [7, 11) is 1.39. The molecule has 13 atom stereocenters. The van der Waals surface area contributed by atoms with Crippen molar-refractivity contribution in [2.24, 2.45) is 27.8 Å². The zero-order chi connectivity index (χ0) is 63.0. The average Bonchev–Trinajstić information content (AvgIpc) is 0.678. The molecule has 2 saturated carbocycles. The summed E-state index contributed by atoms with van der Waals surface area (Å²) in [5.74, 6) is -11.9. The van der Waals surface area contributed by atoms with E-state index in [1.165, 1.54) is 72.9 Å². The van der Waals surface area contributed by atoms with E-state index >= 15 is 9.59 Å². The number of methoxy groups -OCH3 is 1. The van der Waals surface area contributed by atoms with Crippen molar-refractivity contribution in [1.29, 1.82) is 0 Å². The highest BCUT2D eigenvalue weighted by Crippen LogP contribution is 2.64. The van der Waals surface area contributed by atoms with Crippen molar-refractivity contribution in [3.05, 3.63) is 82.9 Å². The van der Waals surface area contributed by atoms with E-state index in [4.69, 9.17) is 47.4 Å². The third kappa shape index (κ3) is 14.9. The molecule has 464 valence electrons. The fraction of sp³-hybridized carbons (Fsp3) is 0.576. The number of fused-ring (bicyclic) bond motifs is 5. The fourth-order valence-corrected chi connectivity index (χ4v) is 11.4. The van der Waals surface area contributed by atoms with Crippen LogP contribution in [-0.4, -0.2) is 174 Å². The molecule has 5 N–H and O–H groups in total. The Morgan fingerprint density at radius 3 is 2.11 bits per heavy atom. The molecule has 2 aromatic rings. The van der Waals surface area contributed by atoms with Crippen molar-refractivity contribution in [2.75, 3.05) is 33.5 Å². The molecule has 3 fully saturated rings. The molecule has 1 saturated heterocycles. The number of ether oxygens (including phenoxy) is 10. The summed E-state index contributed by atoms with van der Waals surface area (Å²) in [4.78, 5) is 135. The van der Waals surface area contributed by atoms with Crippen LogP contribution in [0.1, 0.15) is 117 Å². The van der Waals surface area contributed by atoms with Crippen LogP contribution < -0.4 is 10.7 Å². The first-order valence-electron chi connectivity index (χ1n) is 27.5. The van der Waals surface area contributed by atoms with Crippen molar-refractivity contribution >= 4 is 65.8 Å². The van der Waals surface area contributed by atoms with Gasteiger partial charge in [0.05, 0.1) is 42.6 Å². The molecule has 2 bridgehead atoms. The van der Waals surface area contributed by atoms with E-state index in [9.17, 15) is 53.7 Å². The number of carbonyl (C=O) groups excluding carboxylic acids is 10. The van der Waals surface area contributed by atoms with Gasteiger partial charge in [0.2, 0.25) is 6.10 Å². The van der Waals surface area contributed by atoms with Crippen molar-refractivity contribution in [2.45, 2.75) is 160 Å². The number of rotatable bonds is 22. The van der Waals surface area contributed by atoms with Crippen LogP contribution in [0.4, 0.5) is 4.79 Å². The molecule has 13 unspecified atom stereocenters. The summed E-state index contributed by atoms with van der Waals surface area (Å²) in [5, 5.41) is 44.8. The monoisotopic (exact) mass is 1190 g/mol. The van der Waals surface area contributed by atoms with Crippen LogP contribution in [0.3, 0.4) is 0 Å². The number of nitrogens with zero attached hydrogens (tertiary/aromatic N) is 1. The zero-order valence-corrected chi connectivity index (χ0v) is 49.2. The lowest BCUT2D eigenvalue weighted by Gasteiger charge is -2.67. The molecule has 26 heteroatoms. The van der Waals surface area contributed by atoms with Gasteiger partial charge in [-0.2, -0.15) is 5.10 Å². The molecule has 1 heterocycles. The summed E-state index contributed by atoms with van der Waals surface area (Å²) in [6, 6.07) is 13.9. The van der Waals surface area contributed by atoms with Crippen molar-refractivity contribution < 1.29 is 111 Å². The Morgan fingerprint density at radius 1 is 0.859 bits per heavy atom. The second-order valence-corrected chi connectivity index (χ2v) is 23.2. The van der Waals surface area contributed by atoms with Gasteiger partial charge in [0, 0.05) is 44.4 Å². The van der Waals surface area contributed by atoms with Crippen molar-refractivity contribution in [3.63, 3.8) is 0 Å². The standard InChI is InChI=1S/C59H75N3O23/c1-31(28-60-62-40(65)29-78-41(66)26-43(68)80-33(3)51(71)77-23-22-76-11)24-42(67)82-47(45(35-18-14-12-15-19-35)61-54(74)85-55(5,6)7)53(73)81-37-27-59(75)50(83-52(72)36-20-16-13-17-21-36)48-57(10,49(70)46(69)44(32(37)2)56(59,8)9)38(64)25-39-58(48,30-79-39)84-34(4)63/h12-21,28,31,33,37-39,45-48,50,64,69,75H,22-27,29-30H2,1-11H3,(H,61,74)(H,62,65). The minimum Gasteiger partial charge on any atom is -0.461 e. The maximum Gasteiger partial charge on any atom is 0.408 e. The van der Waals surface area contributed by atoms with Gasteiger partial charge < -0.3 is 68.0 Å². The predicted octanol–water partition coefficient (Wildman–Crippen LogP) is 2.99. The average molecular weight is 1190 g/mol. The van der Waals surface area contributed by atoms with Gasteiger partial charge in [0.25, 0.3) is 5.91 Å². The topological polar surface area (TPSA) is 360 Å². The van der Waals surface area contributed by atoms with E-state index in [1.807, 2.05) is 0 Å². The number of esters is 7. The smallest absolute Gasteiger partial charge is 0.408 e. The number of hydrazone groups is 1. The summed E-state index contributed by atoms with van der Waals surface area (Å²) in [6.07, 6.45) is -14.3. The molecule has 0 spiro atoms. The van der Waals surface area contributed by atoms with E-state index in [-0.39, 0.29) is 48.5 Å². The molecular weight excluding hydrogens is 1120 g/mol. The number of aliphatic hydroxyl groups excluding tert-OH is 2. The van der Waals surface area contributed by atoms with Crippen LogP contribution >= 0.6 is 0 Å². The molecule has 0 aromatic heterocycles. The second kappa shape index (κ2) is 27.2. The number of Topliss-reactive ketones (excluding diaryl/α,β-unsaturated/α-hetero) is 1. The first-order chi connectivity index (χ1) is 39.8. The van der Waals surface area contributed by atoms with Crippen molar-refractivity contribution in [3.8, 4) is 0 Å². The molecule has 1 aliphatic heterocycles. The highest BCUT2D eigenvalue weighted by molar-refractivity contribution is 5.95. The summed E-state index contributed by atoms with van der Waals surface area (Å²) in [5.41, 5.74) is -7.17. The Hall–Kier alpha value is -7.65. The van der Waals surface area contributed by atoms with Crippen molar-refractivity contribution in [1.82, 2.24) is 10.7 Å². The van der Waals surface area contributed by atoms with E-state index in [2.05, 4.69) is 15.8 Å². The Bertz CT molecular complexity index is 2910. The number of aliphatic hydroxyl groups is 3. The van der Waals surface area contributed by atoms with Crippen LogP contribution in [0, 0.1) is 22.7 Å². The van der Waals surface area contributed by atoms with Crippen LogP contribution in [0.25, 0.3) is 0 Å². The Morgan fingerprint density at radius 2 is 1.51 bits per heavy atom. The SMILES string of the molecule is COCCOC(=O)C(C)OC(=O)CC(=O)OCC(=O)NN=CC(C)CC(=O)OC(C(=O)OC1CC2(O)C(OC(=O)c3ccccc3)C3C4(OC(C)=O)COC4CC(O)C3(C)C(=O)C(O)C(=C1C)C2(C)C)C(NC(=O)OC(C)(C)C)c1ccccc1. The van der Waals surface area contributed by atoms with E-state index in [0.29, 0.717) is 0 Å². The molecule has 85 heavy (non-hydrogen) atoms. The lowest BCUT2D eigenvalue weighted by Crippen LogP contribution is -2.81. The van der Waals surface area contributed by atoms with Gasteiger partial charge in [-0.15, -0.1) is 0 Å². The van der Waals surface area contributed by atoms with Gasteiger partial charge in [-0.1, -0.05) is 69.3 Å². The van der Waals surface area contributed by atoms with Gasteiger partial charge in [0.15, 0.2) is 24.1 Å². The summed E-state index contributed by atoms with van der Waals surface area (Å²) < 4.78 is 55.4. The van der Waals surface area contributed by atoms with Gasteiger partial charge in [0.1, 0.15) is 54.7 Å². The fourth-order valence-electron chi connectivity index (χ4n) is 11.4. The molecule has 6 rings (SSSR count). The van der Waals surface area contributed by atoms with Crippen LogP contribution in [0.15, 0.2) is 76.9 Å². The zero-order valence-electron chi connectivity index (χ0n) is 49.2. The largest absolute Gasteiger partial charge is 0.461 e. The third-order valence-electron chi connectivity index (χ3n) is 15.6.